The third-order valence-corrected chi connectivity index (χ3v) is 2.99. The molecule has 1 saturated heterocycles. The molecule has 5 heteroatoms. The van der Waals surface area contributed by atoms with Crippen molar-refractivity contribution in [2.45, 2.75) is 52.7 Å². The van der Waals surface area contributed by atoms with Crippen molar-refractivity contribution in [1.29, 1.82) is 0 Å². The first-order valence-corrected chi connectivity index (χ1v) is 7.09. The summed E-state index contributed by atoms with van der Waals surface area (Å²) in [4.78, 5) is 23.7. The quantitative estimate of drug-likeness (QED) is 0.648. The molecule has 0 radical (unpaired) electrons. The Morgan fingerprint density at radius 1 is 1.21 bits per heavy atom. The SMILES string of the molecule is CC(C)CCNC(=O)C(CC(C)C)NC(=O)C1CO1. The first-order chi connectivity index (χ1) is 8.90. The van der Waals surface area contributed by atoms with Crippen molar-refractivity contribution in [1.82, 2.24) is 10.6 Å². The molecule has 19 heavy (non-hydrogen) atoms. The van der Waals surface area contributed by atoms with E-state index in [4.69, 9.17) is 4.74 Å². The van der Waals surface area contributed by atoms with Crippen LogP contribution in [0.4, 0.5) is 0 Å². The van der Waals surface area contributed by atoms with Crippen molar-refractivity contribution in [2.75, 3.05) is 13.2 Å². The van der Waals surface area contributed by atoms with Crippen molar-refractivity contribution in [3.05, 3.63) is 0 Å². The highest BCUT2D eigenvalue weighted by Gasteiger charge is 2.34. The Kier molecular flexibility index (Phi) is 6.28. The van der Waals surface area contributed by atoms with Crippen LogP contribution in [0.5, 0.6) is 0 Å². The van der Waals surface area contributed by atoms with Gasteiger partial charge in [-0.3, -0.25) is 9.59 Å². The van der Waals surface area contributed by atoms with E-state index in [0.29, 0.717) is 31.4 Å². The molecule has 0 aliphatic carbocycles. The van der Waals surface area contributed by atoms with Gasteiger partial charge in [-0.15, -0.1) is 0 Å². The van der Waals surface area contributed by atoms with Gasteiger partial charge in [-0.1, -0.05) is 27.7 Å². The number of carbonyl (C=O) groups excluding carboxylic acids is 2. The summed E-state index contributed by atoms with van der Waals surface area (Å²) in [7, 11) is 0. The molecule has 1 aliphatic heterocycles. The van der Waals surface area contributed by atoms with E-state index in [0.717, 1.165) is 6.42 Å². The van der Waals surface area contributed by atoms with Gasteiger partial charge in [0.15, 0.2) is 6.10 Å². The van der Waals surface area contributed by atoms with Gasteiger partial charge in [-0.25, -0.2) is 0 Å². The van der Waals surface area contributed by atoms with Gasteiger partial charge >= 0.3 is 0 Å². The smallest absolute Gasteiger partial charge is 0.252 e. The minimum Gasteiger partial charge on any atom is -0.363 e. The van der Waals surface area contributed by atoms with E-state index in [-0.39, 0.29) is 17.9 Å². The normalized spacial score (nSPS) is 19.4. The zero-order valence-electron chi connectivity index (χ0n) is 12.4. The van der Waals surface area contributed by atoms with Crippen LogP contribution in [-0.2, 0) is 14.3 Å². The molecule has 0 bridgehead atoms. The van der Waals surface area contributed by atoms with E-state index in [9.17, 15) is 9.59 Å². The van der Waals surface area contributed by atoms with E-state index in [1.165, 1.54) is 0 Å². The van der Waals surface area contributed by atoms with Crippen LogP contribution in [0.2, 0.25) is 0 Å². The second kappa shape index (κ2) is 7.48. The Labute approximate surface area is 115 Å². The Morgan fingerprint density at radius 3 is 2.32 bits per heavy atom. The molecule has 110 valence electrons. The van der Waals surface area contributed by atoms with Crippen LogP contribution in [0.15, 0.2) is 0 Å². The lowest BCUT2D eigenvalue weighted by Crippen LogP contribution is -2.49. The molecule has 0 aromatic carbocycles. The molecule has 2 N–H and O–H groups in total. The summed E-state index contributed by atoms with van der Waals surface area (Å²) in [5.74, 6) is 0.632. The molecular weight excluding hydrogens is 244 g/mol. The molecule has 0 spiro atoms. The molecule has 0 aromatic heterocycles. The average molecular weight is 270 g/mol. The standard InChI is InChI=1S/C14H26N2O3/c1-9(2)5-6-15-13(17)11(7-10(3)4)16-14(18)12-8-19-12/h9-12H,5-8H2,1-4H3,(H,15,17)(H,16,18). The van der Waals surface area contributed by atoms with Crippen LogP contribution >= 0.6 is 0 Å². The first kappa shape index (κ1) is 16.0. The number of nitrogens with one attached hydrogen (secondary N) is 2. The number of ether oxygens (including phenoxy) is 1. The number of hydrogen-bond donors (Lipinski definition) is 2. The third kappa shape index (κ3) is 6.57. The maximum Gasteiger partial charge on any atom is 0.252 e. The van der Waals surface area contributed by atoms with Crippen LogP contribution in [-0.4, -0.2) is 37.1 Å². The Bertz CT molecular complexity index is 312. The van der Waals surface area contributed by atoms with Gasteiger partial charge < -0.3 is 15.4 Å². The lowest BCUT2D eigenvalue weighted by atomic mass is 10.0. The van der Waals surface area contributed by atoms with Crippen LogP contribution in [0.1, 0.15) is 40.5 Å². The van der Waals surface area contributed by atoms with E-state index in [2.05, 4.69) is 24.5 Å². The molecule has 1 rings (SSSR count). The minimum atomic E-state index is -0.455. The molecule has 0 saturated carbocycles. The van der Waals surface area contributed by atoms with Gasteiger partial charge in [0, 0.05) is 6.54 Å². The van der Waals surface area contributed by atoms with E-state index in [1.807, 2.05) is 13.8 Å². The van der Waals surface area contributed by atoms with Crippen molar-refractivity contribution in [3.63, 3.8) is 0 Å². The van der Waals surface area contributed by atoms with Gasteiger partial charge in [-0.2, -0.15) is 0 Å². The zero-order valence-corrected chi connectivity index (χ0v) is 12.4. The fourth-order valence-electron chi connectivity index (χ4n) is 1.77. The predicted molar refractivity (Wildman–Crippen MR) is 73.6 cm³/mol. The van der Waals surface area contributed by atoms with Crippen molar-refractivity contribution >= 4 is 11.8 Å². The molecule has 1 heterocycles. The van der Waals surface area contributed by atoms with Crippen LogP contribution in [0, 0.1) is 11.8 Å². The van der Waals surface area contributed by atoms with Crippen LogP contribution in [0.25, 0.3) is 0 Å². The topological polar surface area (TPSA) is 70.7 Å². The summed E-state index contributed by atoms with van der Waals surface area (Å²) in [5.41, 5.74) is 0. The fraction of sp³-hybridized carbons (Fsp3) is 0.857. The van der Waals surface area contributed by atoms with Gasteiger partial charge in [0.25, 0.3) is 5.91 Å². The lowest BCUT2D eigenvalue weighted by molar-refractivity contribution is -0.130. The number of epoxide rings is 1. The summed E-state index contributed by atoms with van der Waals surface area (Å²) >= 11 is 0. The average Bonchev–Trinajstić information content (AvgIpc) is 3.10. The first-order valence-electron chi connectivity index (χ1n) is 7.09. The number of carbonyl (C=O) groups is 2. The number of rotatable bonds is 8. The molecule has 1 aliphatic rings. The molecule has 2 unspecified atom stereocenters. The van der Waals surface area contributed by atoms with Gasteiger partial charge in [0.05, 0.1) is 6.61 Å². The maximum absolute atomic E-state index is 12.1. The van der Waals surface area contributed by atoms with Crippen LogP contribution in [0.3, 0.4) is 0 Å². The highest BCUT2D eigenvalue weighted by molar-refractivity contribution is 5.90. The number of hydrogen-bond acceptors (Lipinski definition) is 3. The predicted octanol–water partition coefficient (Wildman–Crippen LogP) is 1.08. The summed E-state index contributed by atoms with van der Waals surface area (Å²) in [5, 5.41) is 5.66. The lowest BCUT2D eigenvalue weighted by Gasteiger charge is -2.20. The van der Waals surface area contributed by atoms with Crippen LogP contribution < -0.4 is 10.6 Å². The van der Waals surface area contributed by atoms with Gasteiger partial charge in [0.2, 0.25) is 5.91 Å². The highest BCUT2D eigenvalue weighted by atomic mass is 16.6. The van der Waals surface area contributed by atoms with Crippen molar-refractivity contribution in [2.24, 2.45) is 11.8 Å². The second-order valence-electron chi connectivity index (χ2n) is 5.99. The molecule has 0 aromatic rings. The maximum atomic E-state index is 12.1. The van der Waals surface area contributed by atoms with Crippen molar-refractivity contribution < 1.29 is 14.3 Å². The monoisotopic (exact) mass is 270 g/mol. The number of amides is 2. The minimum absolute atomic E-state index is 0.0941. The van der Waals surface area contributed by atoms with Gasteiger partial charge in [0.1, 0.15) is 6.04 Å². The Hall–Kier alpha value is -1.10. The summed E-state index contributed by atoms with van der Waals surface area (Å²) < 4.78 is 4.92. The highest BCUT2D eigenvalue weighted by Crippen LogP contribution is 2.11. The van der Waals surface area contributed by atoms with E-state index < -0.39 is 6.04 Å². The summed E-state index contributed by atoms with van der Waals surface area (Å²) in [6.45, 7) is 9.42. The third-order valence-electron chi connectivity index (χ3n) is 2.99. The Morgan fingerprint density at radius 2 is 1.84 bits per heavy atom. The molecule has 1 fully saturated rings. The molecular formula is C14H26N2O3. The van der Waals surface area contributed by atoms with E-state index >= 15 is 0 Å². The largest absolute Gasteiger partial charge is 0.363 e. The second-order valence-corrected chi connectivity index (χ2v) is 5.99. The fourth-order valence-corrected chi connectivity index (χ4v) is 1.77. The van der Waals surface area contributed by atoms with Crippen molar-refractivity contribution in [3.8, 4) is 0 Å². The molecule has 2 amide bonds. The Balaban J connectivity index is 2.41. The zero-order chi connectivity index (χ0) is 14.4. The molecule has 5 nitrogen and oxygen atoms in total. The van der Waals surface area contributed by atoms with Gasteiger partial charge in [-0.05, 0) is 24.7 Å². The summed E-state index contributed by atoms with van der Waals surface area (Å²) in [6.07, 6.45) is 1.24. The molecule has 2 atom stereocenters. The van der Waals surface area contributed by atoms with E-state index in [1.54, 1.807) is 0 Å². The summed E-state index contributed by atoms with van der Waals surface area (Å²) in [6, 6.07) is -0.455.